The minimum atomic E-state index is 0. The van der Waals surface area contributed by atoms with Gasteiger partial charge in [0.05, 0.1) is 26.4 Å². The minimum absolute atomic E-state index is 0. The summed E-state index contributed by atoms with van der Waals surface area (Å²) in [5.41, 5.74) is 0. The third-order valence-corrected chi connectivity index (χ3v) is 0.864. The topological polar surface area (TPSA) is 27.7 Å². The van der Waals surface area contributed by atoms with Gasteiger partial charge in [-0.1, -0.05) is 0 Å². The van der Waals surface area contributed by atoms with E-state index in [0.717, 1.165) is 0 Å². The van der Waals surface area contributed by atoms with Gasteiger partial charge in [-0.15, -0.1) is 0 Å². The second-order valence-corrected chi connectivity index (χ2v) is 1.60. The van der Waals surface area contributed by atoms with Gasteiger partial charge in [0.25, 0.3) is 0 Å². The third-order valence-electron chi connectivity index (χ3n) is 0.864. The van der Waals surface area contributed by atoms with Crippen molar-refractivity contribution in [3.8, 4) is 0 Å². The molecule has 0 spiro atoms. The molecule has 3 nitrogen and oxygen atoms in total. The van der Waals surface area contributed by atoms with Gasteiger partial charge in [-0.05, 0) is 0 Å². The van der Waals surface area contributed by atoms with Crippen LogP contribution in [0.15, 0.2) is 0 Å². The normalized spacial score (nSPS) is 9.00. The fourth-order valence-corrected chi connectivity index (χ4v) is 0.387. The number of hydrogen-bond acceptors (Lipinski definition) is 3. The molecule has 0 aromatic rings. The molecule has 0 aliphatic heterocycles. The van der Waals surface area contributed by atoms with Gasteiger partial charge in [0.15, 0.2) is 0 Å². The van der Waals surface area contributed by atoms with E-state index in [1.54, 1.807) is 14.2 Å². The van der Waals surface area contributed by atoms with Crippen molar-refractivity contribution in [2.45, 2.75) is 0 Å². The zero-order valence-electron chi connectivity index (χ0n) is 7.05. The van der Waals surface area contributed by atoms with Gasteiger partial charge < -0.3 is 14.2 Å². The van der Waals surface area contributed by atoms with Crippen LogP contribution in [0.4, 0.5) is 0 Å². The van der Waals surface area contributed by atoms with Crippen molar-refractivity contribution < 1.29 is 14.2 Å². The van der Waals surface area contributed by atoms with Crippen LogP contribution in [-0.4, -0.2) is 59.5 Å². The van der Waals surface area contributed by atoms with Crippen LogP contribution in [0.1, 0.15) is 0 Å². The average molecular weight is 141 g/mol. The molecule has 0 aliphatic rings. The Balaban J connectivity index is 0. The molecule has 0 N–H and O–H groups in total. The Bertz CT molecular complexity index is 46.3. The fraction of sp³-hybridized carbons (Fsp3) is 1.00. The first kappa shape index (κ1) is 13.1. The van der Waals surface area contributed by atoms with Crippen molar-refractivity contribution in [1.29, 1.82) is 0 Å². The molecular weight excluding hydrogens is 127 g/mol. The fourth-order valence-electron chi connectivity index (χ4n) is 0.387. The van der Waals surface area contributed by atoms with Gasteiger partial charge in [0, 0.05) is 33.1 Å². The molecule has 0 fully saturated rings. The Morgan fingerprint density at radius 3 is 1.50 bits per heavy atom. The van der Waals surface area contributed by atoms with Crippen LogP contribution in [0, 0.1) is 0 Å². The van der Waals surface area contributed by atoms with Crippen LogP contribution >= 0.6 is 0 Å². The van der Waals surface area contributed by atoms with E-state index in [0.29, 0.717) is 26.4 Å². The summed E-state index contributed by atoms with van der Waals surface area (Å²) in [7, 11) is 3.30. The zero-order chi connectivity index (χ0) is 6.95. The van der Waals surface area contributed by atoms with E-state index in [9.17, 15) is 0 Å². The van der Waals surface area contributed by atoms with Gasteiger partial charge >= 0.3 is 0 Å². The summed E-state index contributed by atoms with van der Waals surface area (Å²) >= 11 is 0. The molecule has 10 heavy (non-hydrogen) atoms. The van der Waals surface area contributed by atoms with E-state index in [1.165, 1.54) is 0 Å². The Labute approximate surface area is 74.2 Å². The van der Waals surface area contributed by atoms with Crippen LogP contribution in [0.5, 0.6) is 0 Å². The quantitative estimate of drug-likeness (QED) is 0.382. The molecule has 0 saturated carbocycles. The van der Waals surface area contributed by atoms with E-state index in [2.05, 4.69) is 0 Å². The summed E-state index contributed by atoms with van der Waals surface area (Å²) in [6.07, 6.45) is 0. The molecule has 1 radical (unpaired) electrons. The molecule has 0 aromatic heterocycles. The minimum Gasteiger partial charge on any atom is -0.382 e. The zero-order valence-corrected chi connectivity index (χ0v) is 7.05. The molecular formula is C6H14LiO3. The maximum atomic E-state index is 5.06. The van der Waals surface area contributed by atoms with Crippen molar-refractivity contribution in [3.63, 3.8) is 0 Å². The van der Waals surface area contributed by atoms with Crippen molar-refractivity contribution in [1.82, 2.24) is 0 Å². The summed E-state index contributed by atoms with van der Waals surface area (Å²) in [5, 5.41) is 0. The maximum absolute atomic E-state index is 5.06. The van der Waals surface area contributed by atoms with Crippen molar-refractivity contribution in [2.24, 2.45) is 0 Å². The largest absolute Gasteiger partial charge is 0.382 e. The van der Waals surface area contributed by atoms with E-state index in [1.807, 2.05) is 0 Å². The molecule has 0 heterocycles. The Kier molecular flexibility index (Phi) is 16.0. The first-order chi connectivity index (χ1) is 4.41. The number of rotatable bonds is 6. The molecule has 0 rings (SSSR count). The van der Waals surface area contributed by atoms with E-state index < -0.39 is 0 Å². The van der Waals surface area contributed by atoms with Crippen LogP contribution < -0.4 is 0 Å². The summed E-state index contributed by atoms with van der Waals surface area (Å²) < 4.78 is 14.6. The molecule has 0 saturated heterocycles. The molecule has 0 aliphatic carbocycles. The molecule has 0 unspecified atom stereocenters. The molecule has 57 valence electrons. The van der Waals surface area contributed by atoms with Crippen molar-refractivity contribution >= 4 is 18.9 Å². The first-order valence-electron chi connectivity index (χ1n) is 2.97. The van der Waals surface area contributed by atoms with Gasteiger partial charge in [0.1, 0.15) is 0 Å². The van der Waals surface area contributed by atoms with Crippen LogP contribution in [0.25, 0.3) is 0 Å². The average Bonchev–Trinajstić information content (AvgIpc) is 1.89. The molecule has 0 aromatic carbocycles. The monoisotopic (exact) mass is 141 g/mol. The van der Waals surface area contributed by atoms with Gasteiger partial charge in [0.2, 0.25) is 0 Å². The van der Waals surface area contributed by atoms with Crippen LogP contribution in [-0.2, 0) is 14.2 Å². The van der Waals surface area contributed by atoms with Crippen LogP contribution in [0.3, 0.4) is 0 Å². The summed E-state index contributed by atoms with van der Waals surface area (Å²) in [4.78, 5) is 0. The SMILES string of the molecule is COCCOCCOC.[Li]. The Hall–Kier alpha value is 0.477. The predicted molar refractivity (Wildman–Crippen MR) is 40.3 cm³/mol. The van der Waals surface area contributed by atoms with Crippen molar-refractivity contribution in [2.75, 3.05) is 40.6 Å². The number of methoxy groups -OCH3 is 2. The second kappa shape index (κ2) is 12.2. The number of ether oxygens (including phenoxy) is 3. The predicted octanol–water partition coefficient (Wildman–Crippen LogP) is -0.0850. The van der Waals surface area contributed by atoms with Gasteiger partial charge in [-0.2, -0.15) is 0 Å². The number of hydrogen-bond donors (Lipinski definition) is 0. The van der Waals surface area contributed by atoms with Crippen molar-refractivity contribution in [3.05, 3.63) is 0 Å². The molecule has 0 amide bonds. The molecule has 4 heteroatoms. The van der Waals surface area contributed by atoms with Gasteiger partial charge in [-0.3, -0.25) is 0 Å². The third kappa shape index (κ3) is 11.3. The summed E-state index contributed by atoms with van der Waals surface area (Å²) in [6.45, 7) is 2.62. The molecule has 0 bridgehead atoms. The van der Waals surface area contributed by atoms with Crippen LogP contribution in [0.2, 0.25) is 0 Å². The van der Waals surface area contributed by atoms with E-state index >= 15 is 0 Å². The molecule has 0 atom stereocenters. The van der Waals surface area contributed by atoms with E-state index in [-0.39, 0.29) is 18.9 Å². The Morgan fingerprint density at radius 1 is 0.800 bits per heavy atom. The smallest absolute Gasteiger partial charge is 0.0701 e. The first-order valence-corrected chi connectivity index (χ1v) is 2.97. The van der Waals surface area contributed by atoms with Gasteiger partial charge in [-0.25, -0.2) is 0 Å². The maximum Gasteiger partial charge on any atom is 0.0701 e. The summed E-state index contributed by atoms with van der Waals surface area (Å²) in [6, 6.07) is 0. The summed E-state index contributed by atoms with van der Waals surface area (Å²) in [5.74, 6) is 0. The van der Waals surface area contributed by atoms with E-state index in [4.69, 9.17) is 14.2 Å². The standard InChI is InChI=1S/C6H14O3.Li/c1-7-3-5-9-6-4-8-2;/h3-6H2,1-2H3;. The second-order valence-electron chi connectivity index (χ2n) is 1.60. The Morgan fingerprint density at radius 2 is 1.20 bits per heavy atom.